The van der Waals surface area contributed by atoms with Crippen LogP contribution in [0.4, 0.5) is 4.79 Å². The Bertz CT molecular complexity index is 1780. The zero-order chi connectivity index (χ0) is 38.1. The van der Waals surface area contributed by atoms with Crippen LogP contribution in [0.2, 0.25) is 0 Å². The number of hydrogen-bond acceptors (Lipinski definition) is 9. The van der Waals surface area contributed by atoms with Crippen molar-refractivity contribution in [2.45, 2.75) is 128 Å². The predicted molar refractivity (Wildman–Crippen MR) is 194 cm³/mol. The van der Waals surface area contributed by atoms with Crippen molar-refractivity contribution >= 4 is 44.6 Å². The molecule has 2 aliphatic rings. The zero-order valence-corrected chi connectivity index (χ0v) is 32.0. The van der Waals surface area contributed by atoms with Crippen molar-refractivity contribution in [3.05, 3.63) is 48.7 Å². The maximum absolute atomic E-state index is 14.4. The highest BCUT2D eigenvalue weighted by molar-refractivity contribution is 7.91. The maximum atomic E-state index is 14.4. The number of sulfonamides is 1. The molecule has 4 amide bonds. The molecule has 1 aromatic carbocycles. The number of alkyl carbamates (subject to hydrolysis) is 1. The Morgan fingerprint density at radius 3 is 2.29 bits per heavy atom. The number of fused-ring (bicyclic) bond motifs is 1. The first kappa shape index (κ1) is 39.6. The van der Waals surface area contributed by atoms with Gasteiger partial charge in [-0.25, -0.2) is 18.2 Å². The second kappa shape index (κ2) is 14.8. The molecule has 0 spiro atoms. The van der Waals surface area contributed by atoms with Crippen molar-refractivity contribution in [2.75, 3.05) is 6.54 Å². The molecule has 2 fully saturated rings. The molecule has 13 nitrogen and oxygen atoms in total. The van der Waals surface area contributed by atoms with Crippen LogP contribution in [0, 0.1) is 5.41 Å². The number of nitrogens with one attached hydrogen (secondary N) is 3. The Hall–Kier alpha value is -4.20. The first-order chi connectivity index (χ1) is 23.5. The number of hydrogen-bond donors (Lipinski definition) is 3. The van der Waals surface area contributed by atoms with Gasteiger partial charge in [0.05, 0.1) is 11.8 Å². The predicted octanol–water partition coefficient (Wildman–Crippen LogP) is 4.71. The quantitative estimate of drug-likeness (QED) is 0.262. The Labute approximate surface area is 301 Å². The lowest BCUT2D eigenvalue weighted by Crippen LogP contribution is -2.62. The maximum Gasteiger partial charge on any atom is 0.408 e. The van der Waals surface area contributed by atoms with Gasteiger partial charge in [-0.15, -0.1) is 6.58 Å². The number of pyridine rings is 1. The monoisotopic (exact) mass is 727 g/mol. The van der Waals surface area contributed by atoms with Crippen molar-refractivity contribution in [1.29, 1.82) is 0 Å². The minimum atomic E-state index is -3.92. The molecule has 1 aromatic heterocycles. The fourth-order valence-electron chi connectivity index (χ4n) is 5.94. The van der Waals surface area contributed by atoms with Gasteiger partial charge in [0.15, 0.2) is 0 Å². The molecular formula is C37H53N5O8S. The molecule has 280 valence electrons. The van der Waals surface area contributed by atoms with E-state index in [9.17, 15) is 27.6 Å². The highest BCUT2D eigenvalue weighted by Crippen LogP contribution is 2.32. The van der Waals surface area contributed by atoms with Crippen LogP contribution in [0.15, 0.2) is 43.1 Å². The molecule has 3 N–H and O–H groups in total. The van der Waals surface area contributed by atoms with Gasteiger partial charge >= 0.3 is 6.09 Å². The minimum absolute atomic E-state index is 0.0230. The SMILES string of the molecule is C=CC[C@](C)(NC(=O)[C@@H]1C[C@@H](Oc2nccc3cc(C(C)C)ccc23)CN1C(=O)[C@@H](NC(=O)OC(C)(C)C)C(C)(C)C)C(=O)NS(=O)(=O)C1CC1. The lowest BCUT2D eigenvalue weighted by molar-refractivity contribution is -0.143. The molecule has 0 unspecified atom stereocenters. The number of benzene rings is 1. The second-order valence-electron chi connectivity index (χ2n) is 16.2. The van der Waals surface area contributed by atoms with Gasteiger partial charge in [0.25, 0.3) is 5.91 Å². The van der Waals surface area contributed by atoms with Gasteiger partial charge in [-0.1, -0.05) is 52.8 Å². The number of carbonyl (C=O) groups is 4. The summed E-state index contributed by atoms with van der Waals surface area (Å²) in [6, 6.07) is 5.63. The Morgan fingerprint density at radius 2 is 1.73 bits per heavy atom. The summed E-state index contributed by atoms with van der Waals surface area (Å²) in [5.41, 5.74) is -2.20. The van der Waals surface area contributed by atoms with E-state index >= 15 is 0 Å². The first-order valence-corrected chi connectivity index (χ1v) is 18.9. The van der Waals surface area contributed by atoms with E-state index in [1.807, 2.05) is 18.2 Å². The highest BCUT2D eigenvalue weighted by atomic mass is 32.2. The molecule has 2 heterocycles. The third-order valence-corrected chi connectivity index (χ3v) is 10.8. The number of amides is 4. The van der Waals surface area contributed by atoms with Crippen LogP contribution in [-0.2, 0) is 29.1 Å². The number of carbonyl (C=O) groups excluding carboxylic acids is 4. The van der Waals surface area contributed by atoms with Crippen molar-refractivity contribution in [3.8, 4) is 5.88 Å². The summed E-state index contributed by atoms with van der Waals surface area (Å²) < 4.78 is 39.3. The smallest absolute Gasteiger partial charge is 0.408 e. The second-order valence-corrected chi connectivity index (χ2v) is 18.1. The van der Waals surface area contributed by atoms with E-state index in [1.165, 1.54) is 17.9 Å². The van der Waals surface area contributed by atoms with Crippen LogP contribution < -0.4 is 20.1 Å². The molecule has 1 aliphatic carbocycles. The first-order valence-electron chi connectivity index (χ1n) is 17.4. The lowest BCUT2D eigenvalue weighted by atomic mass is 9.85. The topological polar surface area (TPSA) is 173 Å². The number of rotatable bonds is 12. The Kier molecular flexibility index (Phi) is 11.5. The number of ether oxygens (including phenoxy) is 2. The van der Waals surface area contributed by atoms with Crippen LogP contribution in [0.3, 0.4) is 0 Å². The molecule has 4 atom stereocenters. The molecule has 0 bridgehead atoms. The van der Waals surface area contributed by atoms with E-state index in [0.29, 0.717) is 24.6 Å². The van der Waals surface area contributed by atoms with E-state index in [-0.39, 0.29) is 19.4 Å². The number of likely N-dealkylation sites (tertiary alicyclic amines) is 1. The number of aromatic nitrogens is 1. The van der Waals surface area contributed by atoms with Crippen molar-refractivity contribution < 1.29 is 37.1 Å². The molecule has 1 saturated heterocycles. The van der Waals surface area contributed by atoms with Crippen molar-refractivity contribution in [3.63, 3.8) is 0 Å². The molecule has 14 heteroatoms. The summed E-state index contributed by atoms with van der Waals surface area (Å²) in [6.07, 6.45) is 2.38. The van der Waals surface area contributed by atoms with Gasteiger partial charge in [0, 0.05) is 18.0 Å². The van der Waals surface area contributed by atoms with E-state index in [2.05, 4.69) is 46.8 Å². The summed E-state index contributed by atoms with van der Waals surface area (Å²) >= 11 is 0. The van der Waals surface area contributed by atoms with Gasteiger partial charge in [-0.3, -0.25) is 19.1 Å². The molecule has 51 heavy (non-hydrogen) atoms. The summed E-state index contributed by atoms with van der Waals surface area (Å²) in [7, 11) is -3.92. The van der Waals surface area contributed by atoms with Gasteiger partial charge in [-0.2, -0.15) is 0 Å². The molecule has 4 rings (SSSR count). The largest absolute Gasteiger partial charge is 0.472 e. The van der Waals surface area contributed by atoms with Crippen LogP contribution in [-0.4, -0.2) is 83.2 Å². The molecule has 1 aliphatic heterocycles. The van der Waals surface area contributed by atoms with Crippen LogP contribution in [0.5, 0.6) is 5.88 Å². The molecule has 2 aromatic rings. The van der Waals surface area contributed by atoms with E-state index in [4.69, 9.17) is 9.47 Å². The van der Waals surface area contributed by atoms with Crippen LogP contribution in [0.1, 0.15) is 99.5 Å². The van der Waals surface area contributed by atoms with E-state index in [1.54, 1.807) is 47.7 Å². The summed E-state index contributed by atoms with van der Waals surface area (Å²) in [5.74, 6) is -1.52. The highest BCUT2D eigenvalue weighted by Gasteiger charge is 2.49. The average molecular weight is 728 g/mol. The molecule has 1 saturated carbocycles. The fourth-order valence-corrected chi connectivity index (χ4v) is 7.35. The van der Waals surface area contributed by atoms with E-state index < -0.39 is 73.8 Å². The summed E-state index contributed by atoms with van der Waals surface area (Å²) in [4.78, 5) is 60.8. The van der Waals surface area contributed by atoms with Crippen molar-refractivity contribution in [1.82, 2.24) is 25.2 Å². The van der Waals surface area contributed by atoms with Crippen LogP contribution >= 0.6 is 0 Å². The molecular weight excluding hydrogens is 675 g/mol. The van der Waals surface area contributed by atoms with Gasteiger partial charge < -0.3 is 25.0 Å². The van der Waals surface area contributed by atoms with Crippen LogP contribution in [0.25, 0.3) is 10.8 Å². The zero-order valence-electron chi connectivity index (χ0n) is 31.2. The van der Waals surface area contributed by atoms with Crippen molar-refractivity contribution in [2.24, 2.45) is 5.41 Å². The normalized spacial score (nSPS) is 19.9. The Balaban J connectivity index is 1.67. The molecule has 0 radical (unpaired) electrons. The van der Waals surface area contributed by atoms with Gasteiger partial charge in [0.1, 0.15) is 29.3 Å². The minimum Gasteiger partial charge on any atom is -0.472 e. The summed E-state index contributed by atoms with van der Waals surface area (Å²) in [6.45, 7) is 19.7. The third-order valence-electron chi connectivity index (χ3n) is 8.97. The average Bonchev–Trinajstić information content (AvgIpc) is 3.79. The van der Waals surface area contributed by atoms with Gasteiger partial charge in [-0.05, 0) is 81.4 Å². The van der Waals surface area contributed by atoms with Gasteiger partial charge in [0.2, 0.25) is 27.7 Å². The fraction of sp³-hybridized carbons (Fsp3) is 0.595. The third kappa shape index (κ3) is 9.78. The lowest BCUT2D eigenvalue weighted by Gasteiger charge is -2.36. The summed E-state index contributed by atoms with van der Waals surface area (Å²) in [5, 5.41) is 6.45. The standard InChI is InChI=1S/C37H53N5O8S/c1-11-17-37(10,33(45)41-51(47,48)26-13-14-26)40-30(43)28-20-25(49-31-27-15-12-23(22(2)3)19-24(27)16-18-38-31)21-42(28)32(44)29(35(4,5)6)39-34(46)50-36(7,8)9/h11-12,15-16,18-19,22,25-26,28-29H,1,13-14,17,20-21H2,2-10H3,(H,39,46)(H,40,43)(H,41,45)/t25-,28+,29-,37+/m1/s1. The number of nitrogens with zero attached hydrogens (tertiary/aromatic N) is 2. The van der Waals surface area contributed by atoms with E-state index in [0.717, 1.165) is 16.3 Å². The Morgan fingerprint density at radius 1 is 1.06 bits per heavy atom.